The summed E-state index contributed by atoms with van der Waals surface area (Å²) in [6, 6.07) is 26.1. The van der Waals surface area contributed by atoms with Gasteiger partial charge in [-0.3, -0.25) is 4.52 Å². The van der Waals surface area contributed by atoms with Gasteiger partial charge in [0.05, 0.1) is 6.61 Å². The maximum atomic E-state index is 12.8. The van der Waals surface area contributed by atoms with Gasteiger partial charge >= 0.3 is 7.82 Å². The molecule has 0 saturated carbocycles. The Labute approximate surface area is 147 Å². The van der Waals surface area contributed by atoms with E-state index in [-0.39, 0.29) is 6.61 Å². The van der Waals surface area contributed by atoms with Crippen molar-refractivity contribution >= 4 is 7.82 Å². The second kappa shape index (κ2) is 8.02. The normalized spacial score (nSPS) is 13.0. The number of phosphoric ester groups is 1. The minimum atomic E-state index is -3.75. The molecule has 4 nitrogen and oxygen atoms in total. The number of hydrogen-bond acceptors (Lipinski definition) is 4. The lowest BCUT2D eigenvalue weighted by molar-refractivity contribution is 0.219. The standard InChI is InChI=1S/C20H19O4P/c1-2-22-25(21,23-19-11-7-4-8-12-19)24-20-15-13-18(14-16-20)17-9-5-3-6-10-17/h3-16H,2H2,1H3. The molecule has 0 aliphatic heterocycles. The van der Waals surface area contributed by atoms with Crippen molar-refractivity contribution in [3.63, 3.8) is 0 Å². The Kier molecular flexibility index (Phi) is 5.54. The molecule has 1 atom stereocenters. The molecule has 0 spiro atoms. The van der Waals surface area contributed by atoms with E-state index in [1.807, 2.05) is 48.5 Å². The quantitative estimate of drug-likeness (QED) is 0.491. The van der Waals surface area contributed by atoms with Crippen LogP contribution in [0, 0.1) is 0 Å². The Morgan fingerprint density at radius 3 is 1.72 bits per heavy atom. The number of hydrogen-bond donors (Lipinski definition) is 0. The van der Waals surface area contributed by atoms with Crippen molar-refractivity contribution < 1.29 is 18.1 Å². The first kappa shape index (κ1) is 17.3. The predicted molar refractivity (Wildman–Crippen MR) is 98.8 cm³/mol. The van der Waals surface area contributed by atoms with Crippen LogP contribution < -0.4 is 9.05 Å². The molecule has 3 rings (SSSR count). The van der Waals surface area contributed by atoms with Gasteiger partial charge in [0.15, 0.2) is 0 Å². The van der Waals surface area contributed by atoms with E-state index < -0.39 is 7.82 Å². The van der Waals surface area contributed by atoms with E-state index in [0.717, 1.165) is 11.1 Å². The Hall–Kier alpha value is -2.55. The van der Waals surface area contributed by atoms with Crippen LogP contribution in [-0.4, -0.2) is 6.61 Å². The third-order valence-electron chi connectivity index (χ3n) is 3.43. The first-order chi connectivity index (χ1) is 12.2. The molecule has 1 unspecified atom stereocenters. The molecule has 0 amide bonds. The molecule has 0 aliphatic rings. The van der Waals surface area contributed by atoms with Gasteiger partial charge < -0.3 is 9.05 Å². The van der Waals surface area contributed by atoms with Crippen LogP contribution in [0.2, 0.25) is 0 Å². The summed E-state index contributed by atoms with van der Waals surface area (Å²) in [7, 11) is -3.75. The topological polar surface area (TPSA) is 44.8 Å². The van der Waals surface area contributed by atoms with Gasteiger partial charge in [-0.05, 0) is 42.3 Å². The van der Waals surface area contributed by atoms with Crippen molar-refractivity contribution in [3.8, 4) is 22.6 Å². The summed E-state index contributed by atoms with van der Waals surface area (Å²) >= 11 is 0. The summed E-state index contributed by atoms with van der Waals surface area (Å²) in [5.41, 5.74) is 2.14. The Bertz CT molecular complexity index is 833. The highest BCUT2D eigenvalue weighted by Gasteiger charge is 2.30. The Balaban J connectivity index is 1.77. The highest BCUT2D eigenvalue weighted by molar-refractivity contribution is 7.49. The summed E-state index contributed by atoms with van der Waals surface area (Å²) in [4.78, 5) is 0. The zero-order valence-electron chi connectivity index (χ0n) is 13.9. The summed E-state index contributed by atoms with van der Waals surface area (Å²) < 4.78 is 29.1. The van der Waals surface area contributed by atoms with Gasteiger partial charge in [-0.25, -0.2) is 4.57 Å². The van der Waals surface area contributed by atoms with Crippen molar-refractivity contribution in [2.75, 3.05) is 6.61 Å². The second-order valence-corrected chi connectivity index (χ2v) is 6.77. The van der Waals surface area contributed by atoms with Crippen LogP contribution in [0.1, 0.15) is 6.92 Å². The molecular formula is C20H19O4P. The average molecular weight is 354 g/mol. The SMILES string of the molecule is CCOP(=O)(Oc1ccccc1)Oc1ccc(-c2ccccc2)cc1. The molecule has 5 heteroatoms. The summed E-state index contributed by atoms with van der Waals surface area (Å²) in [5.74, 6) is 0.854. The molecule has 0 aromatic heterocycles. The molecule has 0 aliphatic carbocycles. The second-order valence-electron chi connectivity index (χ2n) is 5.25. The van der Waals surface area contributed by atoms with E-state index in [2.05, 4.69) is 0 Å². The number of rotatable bonds is 7. The zero-order valence-corrected chi connectivity index (χ0v) is 14.8. The van der Waals surface area contributed by atoms with Gasteiger partial charge in [0.25, 0.3) is 0 Å². The molecule has 0 fully saturated rings. The van der Waals surface area contributed by atoms with Crippen LogP contribution >= 0.6 is 7.82 Å². The van der Waals surface area contributed by atoms with E-state index in [0.29, 0.717) is 11.5 Å². The van der Waals surface area contributed by atoms with Crippen molar-refractivity contribution in [2.45, 2.75) is 6.92 Å². The maximum absolute atomic E-state index is 12.8. The summed E-state index contributed by atoms with van der Waals surface area (Å²) in [6.07, 6.45) is 0. The van der Waals surface area contributed by atoms with Crippen LogP contribution in [0.3, 0.4) is 0 Å². The molecule has 0 heterocycles. The fourth-order valence-corrected chi connectivity index (χ4v) is 3.53. The van der Waals surface area contributed by atoms with Crippen molar-refractivity contribution in [1.82, 2.24) is 0 Å². The Morgan fingerprint density at radius 1 is 0.680 bits per heavy atom. The molecule has 25 heavy (non-hydrogen) atoms. The summed E-state index contributed by atoms with van der Waals surface area (Å²) in [5, 5.41) is 0. The maximum Gasteiger partial charge on any atom is 0.587 e. The van der Waals surface area contributed by atoms with Crippen molar-refractivity contribution in [3.05, 3.63) is 84.9 Å². The number of phosphoric acid groups is 1. The Morgan fingerprint density at radius 2 is 1.16 bits per heavy atom. The van der Waals surface area contributed by atoms with E-state index >= 15 is 0 Å². The average Bonchev–Trinajstić information content (AvgIpc) is 2.64. The smallest absolute Gasteiger partial charge is 0.395 e. The molecule has 0 bridgehead atoms. The van der Waals surface area contributed by atoms with Gasteiger partial charge in [0.2, 0.25) is 0 Å². The molecule has 0 saturated heterocycles. The van der Waals surface area contributed by atoms with Crippen molar-refractivity contribution in [1.29, 1.82) is 0 Å². The third-order valence-corrected chi connectivity index (χ3v) is 4.87. The van der Waals surface area contributed by atoms with E-state index in [4.69, 9.17) is 13.6 Å². The van der Waals surface area contributed by atoms with Crippen LogP contribution in [0.15, 0.2) is 84.9 Å². The third kappa shape index (κ3) is 4.72. The van der Waals surface area contributed by atoms with Gasteiger partial charge in [0, 0.05) is 0 Å². The van der Waals surface area contributed by atoms with Crippen LogP contribution in [-0.2, 0) is 9.09 Å². The van der Waals surface area contributed by atoms with Crippen LogP contribution in [0.25, 0.3) is 11.1 Å². The van der Waals surface area contributed by atoms with Crippen molar-refractivity contribution in [2.24, 2.45) is 0 Å². The highest BCUT2D eigenvalue weighted by Crippen LogP contribution is 2.49. The lowest BCUT2D eigenvalue weighted by Gasteiger charge is -2.18. The largest absolute Gasteiger partial charge is 0.587 e. The van der Waals surface area contributed by atoms with E-state index in [1.165, 1.54) is 0 Å². The molecular weight excluding hydrogens is 335 g/mol. The molecule has 3 aromatic rings. The van der Waals surface area contributed by atoms with Crippen LogP contribution in [0.4, 0.5) is 0 Å². The van der Waals surface area contributed by atoms with Gasteiger partial charge in [-0.1, -0.05) is 60.7 Å². The molecule has 3 aromatic carbocycles. The fraction of sp³-hybridized carbons (Fsp3) is 0.100. The van der Waals surface area contributed by atoms with Gasteiger partial charge in [-0.2, -0.15) is 0 Å². The van der Waals surface area contributed by atoms with E-state index in [1.54, 1.807) is 43.3 Å². The molecule has 0 radical (unpaired) electrons. The molecule has 128 valence electrons. The lowest BCUT2D eigenvalue weighted by Crippen LogP contribution is -2.04. The number of para-hydroxylation sites is 1. The van der Waals surface area contributed by atoms with E-state index in [9.17, 15) is 4.57 Å². The minimum absolute atomic E-state index is 0.214. The fourth-order valence-electron chi connectivity index (χ4n) is 2.31. The minimum Gasteiger partial charge on any atom is -0.395 e. The lowest BCUT2D eigenvalue weighted by atomic mass is 10.1. The predicted octanol–water partition coefficient (Wildman–Crippen LogP) is 5.96. The first-order valence-electron chi connectivity index (χ1n) is 8.03. The highest BCUT2D eigenvalue weighted by atomic mass is 31.2. The van der Waals surface area contributed by atoms with Gasteiger partial charge in [0.1, 0.15) is 11.5 Å². The molecule has 0 N–H and O–H groups in total. The van der Waals surface area contributed by atoms with Crippen LogP contribution in [0.5, 0.6) is 11.5 Å². The number of benzene rings is 3. The monoisotopic (exact) mass is 354 g/mol. The summed E-state index contributed by atoms with van der Waals surface area (Å²) in [6.45, 7) is 1.95. The zero-order chi connectivity index (χ0) is 17.5. The first-order valence-corrected chi connectivity index (χ1v) is 9.49. The van der Waals surface area contributed by atoms with Gasteiger partial charge in [-0.15, -0.1) is 0 Å².